The first-order chi connectivity index (χ1) is 12.1. The van der Waals surface area contributed by atoms with Crippen LogP contribution in [0.2, 0.25) is 0 Å². The fraction of sp³-hybridized carbons (Fsp3) is 0.421. The summed E-state index contributed by atoms with van der Waals surface area (Å²) in [6, 6.07) is 8.66. The van der Waals surface area contributed by atoms with Gasteiger partial charge < -0.3 is 9.88 Å². The predicted molar refractivity (Wildman–Crippen MR) is 106 cm³/mol. The van der Waals surface area contributed by atoms with Gasteiger partial charge in [-0.2, -0.15) is 5.10 Å². The van der Waals surface area contributed by atoms with E-state index in [0.717, 1.165) is 17.0 Å². The van der Waals surface area contributed by atoms with Crippen LogP contribution in [0.4, 0.5) is 0 Å². The van der Waals surface area contributed by atoms with Crippen LogP contribution < -0.4 is 10.7 Å². The topological polar surface area (TPSA) is 54.2 Å². The van der Waals surface area contributed by atoms with Gasteiger partial charge in [-0.15, -0.1) is 0 Å². The number of imidazole rings is 1. The molecule has 0 saturated heterocycles. The van der Waals surface area contributed by atoms with Gasteiger partial charge in [-0.1, -0.05) is 31.9 Å². The highest BCUT2D eigenvalue weighted by Crippen LogP contribution is 2.23. The first kappa shape index (κ1) is 17.6. The monoisotopic (exact) mass is 355 g/mol. The molecule has 1 heterocycles. The van der Waals surface area contributed by atoms with Crippen molar-refractivity contribution < 1.29 is 0 Å². The lowest BCUT2D eigenvalue weighted by molar-refractivity contribution is 0.308. The molecule has 1 aliphatic carbocycles. The number of hydrazone groups is 1. The van der Waals surface area contributed by atoms with E-state index in [1.54, 1.807) is 12.5 Å². The molecule has 5 nitrogen and oxygen atoms in total. The van der Waals surface area contributed by atoms with Crippen molar-refractivity contribution in [1.29, 1.82) is 0 Å². The van der Waals surface area contributed by atoms with Gasteiger partial charge in [-0.3, -0.25) is 5.43 Å². The standard InChI is InChI=1S/C19H25N5S/c1-14-5-3-4-6-18(14)21-19(25)23-22-15(2)16-7-9-17(10-8-16)24-12-11-20-13-24/h7-14,18H,3-6H2,1-2H3,(H2,21,23,25)/b22-15-/t14-,18+/m0/s1. The molecule has 0 amide bonds. The van der Waals surface area contributed by atoms with Gasteiger partial charge in [-0.05, 0) is 55.6 Å². The van der Waals surface area contributed by atoms with Gasteiger partial charge in [0.2, 0.25) is 0 Å². The second-order valence-electron chi connectivity index (χ2n) is 6.67. The van der Waals surface area contributed by atoms with E-state index >= 15 is 0 Å². The van der Waals surface area contributed by atoms with Crippen molar-refractivity contribution in [3.8, 4) is 5.69 Å². The number of nitrogens with one attached hydrogen (secondary N) is 2. The van der Waals surface area contributed by atoms with Gasteiger partial charge in [0.05, 0.1) is 12.0 Å². The van der Waals surface area contributed by atoms with Crippen molar-refractivity contribution in [2.45, 2.75) is 45.6 Å². The zero-order valence-electron chi connectivity index (χ0n) is 14.8. The molecule has 25 heavy (non-hydrogen) atoms. The number of nitrogens with zero attached hydrogens (tertiary/aromatic N) is 3. The average molecular weight is 356 g/mol. The first-order valence-electron chi connectivity index (χ1n) is 8.83. The molecule has 1 aliphatic rings. The number of rotatable bonds is 4. The summed E-state index contributed by atoms with van der Waals surface area (Å²) >= 11 is 5.39. The number of benzene rings is 1. The van der Waals surface area contributed by atoms with Crippen molar-refractivity contribution in [2.75, 3.05) is 0 Å². The van der Waals surface area contributed by atoms with Crippen LogP contribution in [0.25, 0.3) is 5.69 Å². The van der Waals surface area contributed by atoms with Crippen LogP contribution in [-0.2, 0) is 0 Å². The molecule has 1 fully saturated rings. The summed E-state index contributed by atoms with van der Waals surface area (Å²) in [5.41, 5.74) is 6.02. The molecule has 132 valence electrons. The lowest BCUT2D eigenvalue weighted by Gasteiger charge is -2.30. The smallest absolute Gasteiger partial charge is 0.187 e. The molecule has 1 aromatic heterocycles. The third-order valence-corrected chi connectivity index (χ3v) is 5.05. The Morgan fingerprint density at radius 1 is 1.24 bits per heavy atom. The van der Waals surface area contributed by atoms with Crippen LogP contribution in [0.5, 0.6) is 0 Å². The molecule has 6 heteroatoms. The van der Waals surface area contributed by atoms with Gasteiger partial charge >= 0.3 is 0 Å². The largest absolute Gasteiger partial charge is 0.358 e. The summed E-state index contributed by atoms with van der Waals surface area (Å²) in [6.45, 7) is 4.26. The summed E-state index contributed by atoms with van der Waals surface area (Å²) in [6.07, 6.45) is 10.5. The summed E-state index contributed by atoms with van der Waals surface area (Å²) in [7, 11) is 0. The van der Waals surface area contributed by atoms with Crippen molar-refractivity contribution in [3.63, 3.8) is 0 Å². The molecule has 2 aromatic rings. The number of hydrogen-bond donors (Lipinski definition) is 2. The van der Waals surface area contributed by atoms with Gasteiger partial charge in [0, 0.05) is 24.1 Å². The number of thiocarbonyl (C=S) groups is 1. The molecule has 2 atom stereocenters. The SMILES string of the molecule is C/C(=N/NC(=S)N[C@@H]1CCCC[C@@H]1C)c1ccc(-n2ccnc2)cc1. The predicted octanol–water partition coefficient (Wildman–Crippen LogP) is 3.64. The molecule has 1 aromatic carbocycles. The molecule has 0 spiro atoms. The third-order valence-electron chi connectivity index (χ3n) is 4.84. The van der Waals surface area contributed by atoms with E-state index in [0.29, 0.717) is 17.1 Å². The Morgan fingerprint density at radius 2 is 2.00 bits per heavy atom. The van der Waals surface area contributed by atoms with E-state index < -0.39 is 0 Å². The molecule has 2 N–H and O–H groups in total. The van der Waals surface area contributed by atoms with Crippen molar-refractivity contribution in [2.24, 2.45) is 11.0 Å². The normalized spacial score (nSPS) is 21.0. The maximum absolute atomic E-state index is 5.39. The van der Waals surface area contributed by atoms with Gasteiger partial charge in [0.15, 0.2) is 5.11 Å². The second-order valence-corrected chi connectivity index (χ2v) is 7.08. The van der Waals surface area contributed by atoms with Gasteiger partial charge in [0.25, 0.3) is 0 Å². The minimum absolute atomic E-state index is 0.457. The van der Waals surface area contributed by atoms with E-state index in [-0.39, 0.29) is 0 Å². The molecule has 1 saturated carbocycles. The van der Waals surface area contributed by atoms with Crippen LogP contribution in [0.1, 0.15) is 45.1 Å². The van der Waals surface area contributed by atoms with Gasteiger partial charge in [0.1, 0.15) is 0 Å². The maximum Gasteiger partial charge on any atom is 0.187 e. The van der Waals surface area contributed by atoms with Crippen molar-refractivity contribution in [1.82, 2.24) is 20.3 Å². The summed E-state index contributed by atoms with van der Waals surface area (Å²) < 4.78 is 1.97. The summed E-state index contributed by atoms with van der Waals surface area (Å²) in [5, 5.41) is 8.43. The third kappa shape index (κ3) is 4.66. The molecule has 0 bridgehead atoms. The van der Waals surface area contributed by atoms with E-state index in [1.165, 1.54) is 25.7 Å². The molecule has 0 unspecified atom stereocenters. The van der Waals surface area contributed by atoms with Crippen LogP contribution in [0.3, 0.4) is 0 Å². The summed E-state index contributed by atoms with van der Waals surface area (Å²) in [4.78, 5) is 4.07. The van der Waals surface area contributed by atoms with E-state index in [4.69, 9.17) is 12.2 Å². The minimum Gasteiger partial charge on any atom is -0.358 e. The van der Waals surface area contributed by atoms with Crippen LogP contribution in [0.15, 0.2) is 48.1 Å². The Hall–Kier alpha value is -2.21. The fourth-order valence-corrected chi connectivity index (χ4v) is 3.41. The molecular weight excluding hydrogens is 330 g/mol. The average Bonchev–Trinajstić information content (AvgIpc) is 3.16. The number of hydrogen-bond acceptors (Lipinski definition) is 3. The number of aromatic nitrogens is 2. The van der Waals surface area contributed by atoms with E-state index in [1.807, 2.05) is 17.7 Å². The zero-order valence-corrected chi connectivity index (χ0v) is 15.6. The van der Waals surface area contributed by atoms with Crippen molar-refractivity contribution >= 4 is 23.0 Å². The maximum atomic E-state index is 5.39. The van der Waals surface area contributed by atoms with Gasteiger partial charge in [-0.25, -0.2) is 4.98 Å². The Morgan fingerprint density at radius 3 is 2.68 bits per heavy atom. The Kier molecular flexibility index (Phi) is 5.81. The minimum atomic E-state index is 0.457. The van der Waals surface area contributed by atoms with E-state index in [9.17, 15) is 0 Å². The van der Waals surface area contributed by atoms with Crippen LogP contribution in [-0.4, -0.2) is 26.4 Å². The fourth-order valence-electron chi connectivity index (χ4n) is 3.22. The highest BCUT2D eigenvalue weighted by Gasteiger charge is 2.21. The Balaban J connectivity index is 1.56. The highest BCUT2D eigenvalue weighted by atomic mass is 32.1. The molecule has 0 radical (unpaired) electrons. The Labute approximate surface area is 154 Å². The lowest BCUT2D eigenvalue weighted by atomic mass is 9.86. The van der Waals surface area contributed by atoms with Crippen LogP contribution >= 0.6 is 12.2 Å². The second kappa shape index (κ2) is 8.25. The molecule has 3 rings (SSSR count). The van der Waals surface area contributed by atoms with E-state index in [2.05, 4.69) is 52.0 Å². The first-order valence-corrected chi connectivity index (χ1v) is 9.24. The molecule has 0 aliphatic heterocycles. The quantitative estimate of drug-likeness (QED) is 0.499. The van der Waals surface area contributed by atoms with Crippen molar-refractivity contribution in [3.05, 3.63) is 48.5 Å². The summed E-state index contributed by atoms with van der Waals surface area (Å²) in [5.74, 6) is 0.661. The van der Waals surface area contributed by atoms with Crippen LogP contribution in [0, 0.1) is 5.92 Å². The molecular formula is C19H25N5S. The Bertz CT molecular complexity index is 721. The lowest BCUT2D eigenvalue weighted by Crippen LogP contribution is -2.44. The zero-order chi connectivity index (χ0) is 17.6. The highest BCUT2D eigenvalue weighted by molar-refractivity contribution is 7.80.